The predicted octanol–water partition coefficient (Wildman–Crippen LogP) is 0.970. The van der Waals surface area contributed by atoms with E-state index in [0.717, 1.165) is 49.0 Å². The lowest BCUT2D eigenvalue weighted by Gasteiger charge is -2.29. The Morgan fingerprint density at radius 1 is 1.14 bits per heavy atom. The zero-order chi connectivity index (χ0) is 20.1. The predicted molar refractivity (Wildman–Crippen MR) is 114 cm³/mol. The van der Waals surface area contributed by atoms with Crippen LogP contribution in [-0.2, 0) is 16.1 Å². The Hall–Kier alpha value is -2.35. The van der Waals surface area contributed by atoms with Gasteiger partial charge in [-0.25, -0.2) is 0 Å². The molecule has 0 spiro atoms. The van der Waals surface area contributed by atoms with Crippen LogP contribution in [0.2, 0.25) is 0 Å². The number of thioether (sulfide) groups is 1. The van der Waals surface area contributed by atoms with Gasteiger partial charge in [-0.2, -0.15) is 0 Å². The minimum Gasteiger partial charge on any atom is -0.370 e. The molecule has 2 N–H and O–H groups in total. The fourth-order valence-corrected chi connectivity index (χ4v) is 4.56. The van der Waals surface area contributed by atoms with E-state index in [-0.39, 0.29) is 11.8 Å². The van der Waals surface area contributed by atoms with E-state index >= 15 is 0 Å². The van der Waals surface area contributed by atoms with Gasteiger partial charge < -0.3 is 19.9 Å². The number of carbonyl (C=O) groups is 2. The van der Waals surface area contributed by atoms with Crippen molar-refractivity contribution in [2.24, 2.45) is 0 Å². The van der Waals surface area contributed by atoms with E-state index < -0.39 is 0 Å². The number of hydrogen-bond donors (Lipinski definition) is 2. The van der Waals surface area contributed by atoms with Gasteiger partial charge in [0.1, 0.15) is 13.1 Å². The number of nitrogens with one attached hydrogen (secondary N) is 2. The molecule has 29 heavy (non-hydrogen) atoms. The first-order valence-corrected chi connectivity index (χ1v) is 11.0. The summed E-state index contributed by atoms with van der Waals surface area (Å²) in [7, 11) is 0. The van der Waals surface area contributed by atoms with Gasteiger partial charge in [-0.05, 0) is 23.8 Å². The van der Waals surface area contributed by atoms with Crippen molar-refractivity contribution >= 4 is 29.3 Å². The summed E-state index contributed by atoms with van der Waals surface area (Å²) in [6.07, 6.45) is 0. The van der Waals surface area contributed by atoms with Crippen molar-refractivity contribution in [2.45, 2.75) is 11.4 Å². The highest BCUT2D eigenvalue weighted by Crippen LogP contribution is 2.36. The summed E-state index contributed by atoms with van der Waals surface area (Å²) in [5.74, 6) is 0.399. The molecule has 0 bridgehead atoms. The summed E-state index contributed by atoms with van der Waals surface area (Å²) in [5, 5.41) is 3.02. The van der Waals surface area contributed by atoms with Gasteiger partial charge in [0.25, 0.3) is 5.91 Å². The number of ether oxygens (including phenoxy) is 1. The van der Waals surface area contributed by atoms with E-state index in [2.05, 4.69) is 5.32 Å². The van der Waals surface area contributed by atoms with E-state index in [1.165, 1.54) is 16.7 Å². The first-order valence-electron chi connectivity index (χ1n) is 10.0. The van der Waals surface area contributed by atoms with Gasteiger partial charge in [0.05, 0.1) is 44.3 Å². The summed E-state index contributed by atoms with van der Waals surface area (Å²) in [5.41, 5.74) is 2.48. The summed E-state index contributed by atoms with van der Waals surface area (Å²) in [6.45, 7) is 5.60. The third-order valence-corrected chi connectivity index (χ3v) is 6.36. The normalized spacial score (nSPS) is 17.1. The van der Waals surface area contributed by atoms with Gasteiger partial charge in [-0.1, -0.05) is 30.3 Å². The van der Waals surface area contributed by atoms with E-state index in [4.69, 9.17) is 4.74 Å². The third kappa shape index (κ3) is 4.98. The van der Waals surface area contributed by atoms with Crippen molar-refractivity contribution in [3.05, 3.63) is 59.7 Å². The Balaban J connectivity index is 1.44. The first kappa shape index (κ1) is 19.9. The number of rotatable bonds is 6. The lowest BCUT2D eigenvalue weighted by Crippen LogP contribution is -3.14. The number of nitrogens with zero attached hydrogens (tertiary/aromatic N) is 1. The Morgan fingerprint density at radius 3 is 2.72 bits per heavy atom. The monoisotopic (exact) mass is 412 g/mol. The molecule has 6 nitrogen and oxygen atoms in total. The number of anilines is 1. The lowest BCUT2D eigenvalue weighted by atomic mass is 10.1. The zero-order valence-corrected chi connectivity index (χ0v) is 17.2. The van der Waals surface area contributed by atoms with Crippen molar-refractivity contribution in [3.63, 3.8) is 0 Å². The first-order chi connectivity index (χ1) is 14.2. The van der Waals surface area contributed by atoms with E-state index in [9.17, 15) is 9.59 Å². The SMILES string of the molecule is O=C(NCC[NH+]1CCOCC1)c1ccc2c(c1)N(Cc1ccccc1)C(=O)CS2. The Labute approximate surface area is 175 Å². The average molecular weight is 413 g/mol. The minimum atomic E-state index is -0.0943. The molecule has 0 unspecified atom stereocenters. The average Bonchev–Trinajstić information content (AvgIpc) is 2.77. The topological polar surface area (TPSA) is 63.1 Å². The second-order valence-electron chi connectivity index (χ2n) is 7.30. The van der Waals surface area contributed by atoms with Crippen LogP contribution in [-0.4, -0.2) is 57.0 Å². The third-order valence-electron chi connectivity index (χ3n) is 5.31. The molecule has 1 fully saturated rings. The van der Waals surface area contributed by atoms with Crippen molar-refractivity contribution in [1.29, 1.82) is 0 Å². The summed E-state index contributed by atoms with van der Waals surface area (Å²) in [4.78, 5) is 29.5. The molecule has 0 radical (unpaired) electrons. The van der Waals surface area contributed by atoms with E-state index in [1.54, 1.807) is 4.90 Å². The molecule has 0 atom stereocenters. The van der Waals surface area contributed by atoms with Gasteiger partial charge >= 0.3 is 0 Å². The van der Waals surface area contributed by atoms with Crippen molar-refractivity contribution < 1.29 is 19.2 Å². The van der Waals surface area contributed by atoms with Crippen LogP contribution >= 0.6 is 11.8 Å². The fourth-order valence-electron chi connectivity index (χ4n) is 3.65. The molecule has 7 heteroatoms. The van der Waals surface area contributed by atoms with Crippen LogP contribution in [0, 0.1) is 0 Å². The van der Waals surface area contributed by atoms with Crippen LogP contribution in [0.5, 0.6) is 0 Å². The van der Waals surface area contributed by atoms with Gasteiger partial charge in [-0.15, -0.1) is 11.8 Å². The van der Waals surface area contributed by atoms with Crippen LogP contribution < -0.4 is 15.1 Å². The van der Waals surface area contributed by atoms with Crippen molar-refractivity contribution in [2.75, 3.05) is 50.0 Å². The maximum atomic E-state index is 12.7. The molecule has 0 saturated carbocycles. The number of carbonyl (C=O) groups excluding carboxylic acids is 2. The molecule has 4 rings (SSSR count). The van der Waals surface area contributed by atoms with E-state index in [0.29, 0.717) is 24.4 Å². The van der Waals surface area contributed by atoms with Crippen LogP contribution in [0.4, 0.5) is 5.69 Å². The van der Waals surface area contributed by atoms with Gasteiger partial charge in [0, 0.05) is 10.5 Å². The molecule has 0 aromatic heterocycles. The van der Waals surface area contributed by atoms with E-state index in [1.807, 2.05) is 48.5 Å². The summed E-state index contributed by atoms with van der Waals surface area (Å²) >= 11 is 1.53. The lowest BCUT2D eigenvalue weighted by molar-refractivity contribution is -0.906. The Kier molecular flexibility index (Phi) is 6.49. The van der Waals surface area contributed by atoms with Gasteiger partial charge in [-0.3, -0.25) is 9.59 Å². The summed E-state index contributed by atoms with van der Waals surface area (Å²) < 4.78 is 5.37. The number of amides is 2. The van der Waals surface area contributed by atoms with Crippen LogP contribution in [0.1, 0.15) is 15.9 Å². The molecule has 2 aromatic carbocycles. The molecule has 2 aliphatic heterocycles. The number of fused-ring (bicyclic) bond motifs is 1. The van der Waals surface area contributed by atoms with Crippen LogP contribution in [0.3, 0.4) is 0 Å². The quantitative estimate of drug-likeness (QED) is 0.742. The molecule has 152 valence electrons. The highest BCUT2D eigenvalue weighted by Gasteiger charge is 2.26. The molecule has 2 heterocycles. The molecular weight excluding hydrogens is 386 g/mol. The molecule has 2 aliphatic rings. The highest BCUT2D eigenvalue weighted by molar-refractivity contribution is 8.00. The molecule has 1 saturated heterocycles. The fraction of sp³-hybridized carbons (Fsp3) is 0.364. The maximum absolute atomic E-state index is 12.7. The Morgan fingerprint density at radius 2 is 1.93 bits per heavy atom. The Bertz CT molecular complexity index is 869. The van der Waals surface area contributed by atoms with Gasteiger partial charge in [0.15, 0.2) is 0 Å². The number of benzene rings is 2. The molecule has 0 aliphatic carbocycles. The largest absolute Gasteiger partial charge is 0.370 e. The van der Waals surface area contributed by atoms with Crippen molar-refractivity contribution in [3.8, 4) is 0 Å². The number of morpholine rings is 1. The molecular formula is C22H26N3O3S+. The second-order valence-corrected chi connectivity index (χ2v) is 8.32. The number of quaternary nitrogens is 1. The smallest absolute Gasteiger partial charge is 0.251 e. The van der Waals surface area contributed by atoms with Crippen molar-refractivity contribution in [1.82, 2.24) is 5.32 Å². The highest BCUT2D eigenvalue weighted by atomic mass is 32.2. The minimum absolute atomic E-state index is 0.0693. The molecule has 2 aromatic rings. The maximum Gasteiger partial charge on any atom is 0.251 e. The number of hydrogen-bond acceptors (Lipinski definition) is 4. The zero-order valence-electron chi connectivity index (χ0n) is 16.4. The standard InChI is InChI=1S/C22H25N3O3S/c26-21-16-29-20-7-6-18(22(27)23-8-9-24-10-12-28-13-11-24)14-19(20)25(21)15-17-4-2-1-3-5-17/h1-7,14H,8-13,15-16H2,(H,23,27)/p+1. The summed E-state index contributed by atoms with van der Waals surface area (Å²) in [6, 6.07) is 15.6. The van der Waals surface area contributed by atoms with Gasteiger partial charge in [0.2, 0.25) is 5.91 Å². The second kappa shape index (κ2) is 9.43. The van der Waals surface area contributed by atoms with Crippen LogP contribution in [0.15, 0.2) is 53.4 Å². The molecule has 2 amide bonds. The van der Waals surface area contributed by atoms with Crippen LogP contribution in [0.25, 0.3) is 0 Å².